The van der Waals surface area contributed by atoms with E-state index >= 15 is 0 Å². The second-order valence-corrected chi connectivity index (χ2v) is 6.19. The zero-order chi connectivity index (χ0) is 17.1. The summed E-state index contributed by atoms with van der Waals surface area (Å²) in [6.45, 7) is -0.0587. The number of carbonyl (C=O) groups excluding carboxylic acids is 2. The largest absolute Gasteiger partial charge is 0.482 e. The number of fused-ring (bicyclic) bond motifs is 1. The average Bonchev–Trinajstić information content (AvgIpc) is 2.54. The summed E-state index contributed by atoms with van der Waals surface area (Å²) in [6.07, 6.45) is 0.868. The SMILES string of the molecule is O=C(CCc1cccc(Cl)c1)Nc1cc2c(cc1Cl)NC(=O)CO2. The van der Waals surface area contributed by atoms with Crippen LogP contribution in [0.3, 0.4) is 0 Å². The molecule has 0 saturated carbocycles. The van der Waals surface area contributed by atoms with Gasteiger partial charge < -0.3 is 15.4 Å². The first kappa shape index (κ1) is 16.6. The summed E-state index contributed by atoms with van der Waals surface area (Å²) in [5.74, 6) is 0.0673. The number of aryl methyl sites for hydroxylation is 1. The van der Waals surface area contributed by atoms with Gasteiger partial charge in [0, 0.05) is 17.5 Å². The van der Waals surface area contributed by atoms with Crippen LogP contribution in [0.25, 0.3) is 0 Å². The van der Waals surface area contributed by atoms with E-state index in [1.807, 2.05) is 18.2 Å². The van der Waals surface area contributed by atoms with Gasteiger partial charge in [-0.1, -0.05) is 35.3 Å². The van der Waals surface area contributed by atoms with Crippen molar-refractivity contribution in [3.8, 4) is 5.75 Å². The predicted octanol–water partition coefficient (Wildman–Crippen LogP) is 3.90. The third-order valence-corrected chi connectivity index (χ3v) is 4.05. The minimum Gasteiger partial charge on any atom is -0.482 e. The van der Waals surface area contributed by atoms with Crippen LogP contribution in [0.1, 0.15) is 12.0 Å². The maximum atomic E-state index is 12.1. The predicted molar refractivity (Wildman–Crippen MR) is 94.0 cm³/mol. The molecule has 0 aliphatic carbocycles. The number of hydrogen-bond acceptors (Lipinski definition) is 3. The number of carbonyl (C=O) groups is 2. The van der Waals surface area contributed by atoms with Gasteiger partial charge in [0.1, 0.15) is 5.75 Å². The highest BCUT2D eigenvalue weighted by molar-refractivity contribution is 6.34. The van der Waals surface area contributed by atoms with Crippen LogP contribution in [0, 0.1) is 0 Å². The van der Waals surface area contributed by atoms with Crippen molar-refractivity contribution in [2.75, 3.05) is 17.2 Å². The Labute approximate surface area is 148 Å². The summed E-state index contributed by atoms with van der Waals surface area (Å²) < 4.78 is 5.32. The van der Waals surface area contributed by atoms with Crippen molar-refractivity contribution in [1.29, 1.82) is 0 Å². The van der Waals surface area contributed by atoms with E-state index in [1.165, 1.54) is 0 Å². The van der Waals surface area contributed by atoms with Gasteiger partial charge in [-0.15, -0.1) is 0 Å². The highest BCUT2D eigenvalue weighted by Gasteiger charge is 2.19. The monoisotopic (exact) mass is 364 g/mol. The summed E-state index contributed by atoms with van der Waals surface area (Å²) in [5.41, 5.74) is 1.93. The average molecular weight is 365 g/mol. The number of nitrogens with one attached hydrogen (secondary N) is 2. The fraction of sp³-hybridized carbons (Fsp3) is 0.176. The van der Waals surface area contributed by atoms with E-state index in [0.29, 0.717) is 40.0 Å². The Kier molecular flexibility index (Phi) is 4.92. The molecule has 124 valence electrons. The lowest BCUT2D eigenvalue weighted by molar-refractivity contribution is -0.118. The number of halogens is 2. The van der Waals surface area contributed by atoms with Crippen LogP contribution in [0.5, 0.6) is 5.75 Å². The Morgan fingerprint density at radius 1 is 1.25 bits per heavy atom. The zero-order valence-corrected chi connectivity index (χ0v) is 14.1. The Morgan fingerprint density at radius 2 is 2.08 bits per heavy atom. The van der Waals surface area contributed by atoms with E-state index in [0.717, 1.165) is 5.56 Å². The minimum absolute atomic E-state index is 0.0587. The van der Waals surface area contributed by atoms with E-state index in [9.17, 15) is 9.59 Å². The second kappa shape index (κ2) is 7.11. The van der Waals surface area contributed by atoms with E-state index in [1.54, 1.807) is 18.2 Å². The molecule has 2 aromatic rings. The molecule has 0 aromatic heterocycles. The molecular weight excluding hydrogens is 351 g/mol. The molecule has 0 fully saturated rings. The molecule has 1 aliphatic rings. The quantitative estimate of drug-likeness (QED) is 0.864. The molecule has 0 saturated heterocycles. The van der Waals surface area contributed by atoms with Gasteiger partial charge in [-0.2, -0.15) is 0 Å². The third-order valence-electron chi connectivity index (χ3n) is 3.51. The highest BCUT2D eigenvalue weighted by Crippen LogP contribution is 2.36. The molecule has 1 heterocycles. The fourth-order valence-electron chi connectivity index (χ4n) is 2.36. The number of benzene rings is 2. The van der Waals surface area contributed by atoms with Crippen molar-refractivity contribution in [1.82, 2.24) is 0 Å². The Morgan fingerprint density at radius 3 is 2.88 bits per heavy atom. The maximum Gasteiger partial charge on any atom is 0.262 e. The van der Waals surface area contributed by atoms with Crippen LogP contribution in [0.15, 0.2) is 36.4 Å². The van der Waals surface area contributed by atoms with Crippen molar-refractivity contribution in [3.63, 3.8) is 0 Å². The van der Waals surface area contributed by atoms with E-state index in [4.69, 9.17) is 27.9 Å². The summed E-state index contributed by atoms with van der Waals surface area (Å²) >= 11 is 12.1. The molecular formula is C17H14Cl2N2O3. The van der Waals surface area contributed by atoms with Gasteiger partial charge >= 0.3 is 0 Å². The molecule has 2 N–H and O–H groups in total. The highest BCUT2D eigenvalue weighted by atomic mass is 35.5. The van der Waals surface area contributed by atoms with E-state index in [-0.39, 0.29) is 18.4 Å². The van der Waals surface area contributed by atoms with Gasteiger partial charge in [0.2, 0.25) is 5.91 Å². The second-order valence-electron chi connectivity index (χ2n) is 5.34. The molecule has 2 amide bonds. The summed E-state index contributed by atoms with van der Waals surface area (Å²) in [6, 6.07) is 10.5. The molecule has 0 spiro atoms. The molecule has 5 nitrogen and oxygen atoms in total. The van der Waals surface area contributed by atoms with Crippen LogP contribution >= 0.6 is 23.2 Å². The lowest BCUT2D eigenvalue weighted by Gasteiger charge is -2.19. The van der Waals surface area contributed by atoms with Crippen LogP contribution in [0.2, 0.25) is 10.0 Å². The van der Waals surface area contributed by atoms with Crippen molar-refractivity contribution in [2.45, 2.75) is 12.8 Å². The Hall–Kier alpha value is -2.24. The van der Waals surface area contributed by atoms with Gasteiger partial charge in [-0.25, -0.2) is 0 Å². The van der Waals surface area contributed by atoms with Crippen molar-refractivity contribution >= 4 is 46.4 Å². The maximum absolute atomic E-state index is 12.1. The summed E-state index contributed by atoms with van der Waals surface area (Å²) in [4.78, 5) is 23.4. The lowest BCUT2D eigenvalue weighted by atomic mass is 10.1. The van der Waals surface area contributed by atoms with Crippen LogP contribution in [-0.4, -0.2) is 18.4 Å². The molecule has 1 aliphatic heterocycles. The number of ether oxygens (including phenoxy) is 1. The minimum atomic E-state index is -0.239. The summed E-state index contributed by atoms with van der Waals surface area (Å²) in [7, 11) is 0. The molecule has 0 radical (unpaired) electrons. The van der Waals surface area contributed by atoms with Gasteiger partial charge in [0.15, 0.2) is 6.61 Å². The topological polar surface area (TPSA) is 67.4 Å². The normalized spacial score (nSPS) is 12.8. The fourth-order valence-corrected chi connectivity index (χ4v) is 2.78. The van der Waals surface area contributed by atoms with Gasteiger partial charge in [-0.05, 0) is 30.2 Å². The van der Waals surface area contributed by atoms with Gasteiger partial charge in [0.05, 0.1) is 16.4 Å². The Bertz CT molecular complexity index is 808. The molecule has 2 aromatic carbocycles. The van der Waals surface area contributed by atoms with E-state index in [2.05, 4.69) is 10.6 Å². The molecule has 0 atom stereocenters. The van der Waals surface area contributed by atoms with E-state index < -0.39 is 0 Å². The smallest absolute Gasteiger partial charge is 0.262 e. The Balaban J connectivity index is 1.65. The third kappa shape index (κ3) is 3.99. The number of rotatable bonds is 4. The number of amides is 2. The number of anilines is 2. The van der Waals surface area contributed by atoms with Crippen LogP contribution in [0.4, 0.5) is 11.4 Å². The molecule has 7 heteroatoms. The summed E-state index contributed by atoms with van der Waals surface area (Å²) in [5, 5.41) is 6.39. The first-order valence-electron chi connectivity index (χ1n) is 7.32. The van der Waals surface area contributed by atoms with Crippen molar-refractivity contribution < 1.29 is 14.3 Å². The standard InChI is InChI=1S/C17H14Cl2N2O3/c18-11-3-1-2-10(6-11)4-5-16(22)20-13-8-15-14(7-12(13)19)21-17(23)9-24-15/h1-3,6-8H,4-5,9H2,(H,20,22)(H,21,23). The molecule has 0 bridgehead atoms. The molecule has 0 unspecified atom stereocenters. The van der Waals surface area contributed by atoms with Crippen LogP contribution in [-0.2, 0) is 16.0 Å². The lowest BCUT2D eigenvalue weighted by Crippen LogP contribution is -2.25. The first-order valence-corrected chi connectivity index (χ1v) is 8.07. The van der Waals surface area contributed by atoms with Crippen molar-refractivity contribution in [2.24, 2.45) is 0 Å². The number of hydrogen-bond donors (Lipinski definition) is 2. The molecule has 24 heavy (non-hydrogen) atoms. The molecule has 3 rings (SSSR count). The zero-order valence-electron chi connectivity index (χ0n) is 12.6. The van der Waals surface area contributed by atoms with Gasteiger partial charge in [0.25, 0.3) is 5.91 Å². The van der Waals surface area contributed by atoms with Crippen molar-refractivity contribution in [3.05, 3.63) is 52.0 Å². The van der Waals surface area contributed by atoms with Crippen LogP contribution < -0.4 is 15.4 Å². The first-order chi connectivity index (χ1) is 11.5. The van der Waals surface area contributed by atoms with Gasteiger partial charge in [-0.3, -0.25) is 9.59 Å².